The molecule has 10 heteroatoms. The van der Waals surface area contributed by atoms with Gasteiger partial charge in [-0.25, -0.2) is 0 Å². The summed E-state index contributed by atoms with van der Waals surface area (Å²) in [6.07, 6.45) is 2.79. The average molecular weight is 532 g/mol. The number of aromatic nitrogens is 1. The van der Waals surface area contributed by atoms with Gasteiger partial charge in [0.25, 0.3) is 11.8 Å². The van der Waals surface area contributed by atoms with Crippen molar-refractivity contribution < 1.29 is 24.5 Å². The van der Waals surface area contributed by atoms with Crippen LogP contribution in [0.4, 0.5) is 0 Å². The van der Waals surface area contributed by atoms with Crippen molar-refractivity contribution in [1.82, 2.24) is 15.2 Å². The monoisotopic (exact) mass is 532 g/mol. The molecule has 0 bridgehead atoms. The number of carbonyl (C=O) groups excluding carboxylic acids is 2. The van der Waals surface area contributed by atoms with Crippen LogP contribution in [-0.4, -0.2) is 57.3 Å². The molecule has 0 radical (unpaired) electrons. The van der Waals surface area contributed by atoms with E-state index in [1.54, 1.807) is 6.07 Å². The normalized spacial score (nSPS) is 17.7. The highest BCUT2D eigenvalue weighted by Crippen LogP contribution is 2.29. The minimum atomic E-state index is -1.71. The first-order chi connectivity index (χ1) is 18.6. The lowest BCUT2D eigenvalue weighted by Gasteiger charge is -2.29. The highest BCUT2D eigenvalue weighted by Gasteiger charge is 2.48. The Bertz CT molecular complexity index is 1340. The molecule has 4 N–H and O–H groups in total. The Hall–Kier alpha value is -3.63. The van der Waals surface area contributed by atoms with Crippen molar-refractivity contribution in [2.24, 2.45) is 11.1 Å². The maximum absolute atomic E-state index is 13.5. The molecule has 2 atom stereocenters. The van der Waals surface area contributed by atoms with Crippen LogP contribution in [0.3, 0.4) is 0 Å². The van der Waals surface area contributed by atoms with E-state index in [2.05, 4.69) is 34.2 Å². The van der Waals surface area contributed by atoms with Crippen molar-refractivity contribution in [3.8, 4) is 0 Å². The zero-order valence-corrected chi connectivity index (χ0v) is 22.9. The summed E-state index contributed by atoms with van der Waals surface area (Å²) in [5.41, 5.74) is 1.62. The number of hydrogen-bond donors (Lipinski definition) is 4. The van der Waals surface area contributed by atoms with Crippen LogP contribution in [0, 0.1) is 5.92 Å². The van der Waals surface area contributed by atoms with Gasteiger partial charge >= 0.3 is 7.12 Å². The Morgan fingerprint density at radius 2 is 1.85 bits per heavy atom. The van der Waals surface area contributed by atoms with Gasteiger partial charge in [0, 0.05) is 41.5 Å². The molecule has 2 aromatic carbocycles. The van der Waals surface area contributed by atoms with Gasteiger partial charge in [-0.05, 0) is 56.0 Å². The number of nitrogens with zero attached hydrogens (tertiary/aromatic N) is 2. The molecule has 0 fully saturated rings. The van der Waals surface area contributed by atoms with Crippen LogP contribution in [0.5, 0.6) is 0 Å². The van der Waals surface area contributed by atoms with Gasteiger partial charge in [-0.1, -0.05) is 49.3 Å². The molecule has 206 valence electrons. The van der Waals surface area contributed by atoms with Crippen molar-refractivity contribution in [1.29, 1.82) is 0 Å². The minimum absolute atomic E-state index is 0.117. The van der Waals surface area contributed by atoms with E-state index in [-0.39, 0.29) is 31.2 Å². The third kappa shape index (κ3) is 6.69. The van der Waals surface area contributed by atoms with Crippen LogP contribution >= 0.6 is 0 Å². The van der Waals surface area contributed by atoms with Gasteiger partial charge in [0.15, 0.2) is 0 Å². The molecule has 0 saturated carbocycles. The summed E-state index contributed by atoms with van der Waals surface area (Å²) in [5.74, 6) is -1.44. The fourth-order valence-corrected chi connectivity index (χ4v) is 4.97. The molecule has 0 spiro atoms. The summed E-state index contributed by atoms with van der Waals surface area (Å²) in [6, 6.07) is 17.3. The summed E-state index contributed by atoms with van der Waals surface area (Å²) in [7, 11) is -1.71. The Morgan fingerprint density at radius 3 is 2.51 bits per heavy atom. The van der Waals surface area contributed by atoms with Crippen LogP contribution in [0.2, 0.25) is 0 Å². The Morgan fingerprint density at radius 1 is 1.10 bits per heavy atom. The lowest BCUT2D eigenvalue weighted by Crippen LogP contribution is -2.56. The lowest BCUT2D eigenvalue weighted by atomic mass is 9.74. The second-order valence-electron chi connectivity index (χ2n) is 11.0. The summed E-state index contributed by atoms with van der Waals surface area (Å²) in [4.78, 5) is 32.3. The molecule has 2 heterocycles. The zero-order chi connectivity index (χ0) is 28.2. The molecule has 2 unspecified atom stereocenters. The summed E-state index contributed by atoms with van der Waals surface area (Å²) in [5, 5.41) is 30.5. The largest absolute Gasteiger partial charge is 0.475 e. The van der Waals surface area contributed by atoms with Crippen LogP contribution < -0.4 is 10.6 Å². The van der Waals surface area contributed by atoms with Crippen molar-refractivity contribution in [3.63, 3.8) is 0 Å². The van der Waals surface area contributed by atoms with E-state index in [0.29, 0.717) is 23.7 Å². The van der Waals surface area contributed by atoms with Crippen molar-refractivity contribution in [2.75, 3.05) is 6.54 Å². The molecular formula is C29H37BN4O5. The molecule has 0 saturated heterocycles. The lowest BCUT2D eigenvalue weighted by molar-refractivity contribution is -0.144. The zero-order valence-electron chi connectivity index (χ0n) is 22.9. The van der Waals surface area contributed by atoms with Gasteiger partial charge in [-0.3, -0.25) is 9.59 Å². The predicted molar refractivity (Wildman–Crippen MR) is 152 cm³/mol. The predicted octanol–water partition coefficient (Wildman–Crippen LogP) is 3.25. The summed E-state index contributed by atoms with van der Waals surface area (Å²) < 4.78 is 2.15. The molecule has 39 heavy (non-hydrogen) atoms. The van der Waals surface area contributed by atoms with E-state index in [1.165, 1.54) is 0 Å². The molecule has 0 aliphatic carbocycles. The Balaban J connectivity index is 1.46. The van der Waals surface area contributed by atoms with Gasteiger partial charge in [0.05, 0.1) is 18.2 Å². The topological polar surface area (TPSA) is 125 Å². The number of rotatable bonds is 11. The molecule has 9 nitrogen and oxygen atoms in total. The van der Waals surface area contributed by atoms with E-state index >= 15 is 0 Å². The molecule has 3 aromatic rings. The Kier molecular flexibility index (Phi) is 8.77. The number of nitrogens with one attached hydrogen (secondary N) is 2. The summed E-state index contributed by atoms with van der Waals surface area (Å²) >= 11 is 0. The van der Waals surface area contributed by atoms with Crippen molar-refractivity contribution >= 4 is 35.5 Å². The van der Waals surface area contributed by atoms with E-state index < -0.39 is 24.6 Å². The van der Waals surface area contributed by atoms with E-state index in [1.807, 2.05) is 68.6 Å². The number of fused-ring (bicyclic) bond motifs is 1. The molecule has 1 aliphatic heterocycles. The fourth-order valence-electron chi connectivity index (χ4n) is 4.97. The Labute approximate surface area is 229 Å². The molecular weight excluding hydrogens is 495 g/mol. The van der Waals surface area contributed by atoms with Crippen LogP contribution in [0.25, 0.3) is 10.9 Å². The average Bonchev–Trinajstić information content (AvgIpc) is 3.51. The highest BCUT2D eigenvalue weighted by molar-refractivity contribution is 6.43. The number of hydrogen-bond acceptors (Lipinski definition) is 6. The van der Waals surface area contributed by atoms with Gasteiger partial charge in [0.1, 0.15) is 0 Å². The maximum atomic E-state index is 13.5. The molecule has 1 aliphatic rings. The van der Waals surface area contributed by atoms with E-state index in [0.717, 1.165) is 16.5 Å². The second kappa shape index (κ2) is 12.0. The van der Waals surface area contributed by atoms with Crippen molar-refractivity contribution in [3.05, 3.63) is 71.9 Å². The molecule has 4 rings (SSSR count). The smallest absolute Gasteiger partial charge is 0.426 e. The number of amides is 2. The minimum Gasteiger partial charge on any atom is -0.426 e. The maximum Gasteiger partial charge on any atom is 0.475 e. The second-order valence-corrected chi connectivity index (χ2v) is 11.0. The molecule has 1 aromatic heterocycles. The standard InChI is InChI=1S/C29H37BN4O5/c1-19(2)14-26(30(37)38)32-28(36)29(16-21-8-6-5-7-9-21)17-24(33-39-29)18-31-27(35)23-10-11-25-22(15-23)12-13-34(25)20(3)4/h5-13,15,19-20,26,37-38H,14,16-18H2,1-4H3,(H,31,35)(H,32,36). The van der Waals surface area contributed by atoms with Crippen LogP contribution in [0.15, 0.2) is 65.9 Å². The van der Waals surface area contributed by atoms with Gasteiger partial charge < -0.3 is 30.1 Å². The number of benzene rings is 2. The molecule has 2 amide bonds. The van der Waals surface area contributed by atoms with E-state index in [9.17, 15) is 19.6 Å². The van der Waals surface area contributed by atoms with E-state index in [4.69, 9.17) is 4.84 Å². The first kappa shape index (κ1) is 28.4. The SMILES string of the molecule is CC(C)CC(NC(=O)C1(Cc2ccccc2)CC(CNC(=O)c2ccc3c(ccn3C(C)C)c2)=NO1)B(O)O. The number of carbonyl (C=O) groups is 2. The van der Waals surface area contributed by atoms with Crippen LogP contribution in [0.1, 0.15) is 62.5 Å². The third-order valence-corrected chi connectivity index (χ3v) is 6.98. The quantitative estimate of drug-likeness (QED) is 0.282. The summed E-state index contributed by atoms with van der Waals surface area (Å²) in [6.45, 7) is 8.22. The van der Waals surface area contributed by atoms with Gasteiger partial charge in [-0.2, -0.15) is 0 Å². The van der Waals surface area contributed by atoms with Gasteiger partial charge in [0.2, 0.25) is 5.60 Å². The number of oxime groups is 1. The van der Waals surface area contributed by atoms with Crippen molar-refractivity contribution in [2.45, 2.75) is 64.5 Å². The van der Waals surface area contributed by atoms with Gasteiger partial charge in [-0.15, -0.1) is 0 Å². The highest BCUT2D eigenvalue weighted by atomic mass is 16.7. The first-order valence-electron chi connectivity index (χ1n) is 13.4. The van der Waals surface area contributed by atoms with Crippen LogP contribution in [-0.2, 0) is 16.1 Å². The third-order valence-electron chi connectivity index (χ3n) is 6.98. The fraction of sp³-hybridized carbons (Fsp3) is 0.414. The first-order valence-corrected chi connectivity index (χ1v) is 13.4.